The van der Waals surface area contributed by atoms with Crippen molar-refractivity contribution < 1.29 is 0 Å². The SMILES string of the molecule is NC(=Nc1cccc(-n2ccnc2)c1)N1CCc2ccccc21. The molecule has 2 aromatic carbocycles. The number of hydrogen-bond donors (Lipinski definition) is 1. The molecule has 23 heavy (non-hydrogen) atoms. The molecule has 0 spiro atoms. The first-order chi connectivity index (χ1) is 11.3. The van der Waals surface area contributed by atoms with Crippen molar-refractivity contribution in [1.82, 2.24) is 9.55 Å². The normalized spacial score (nSPS) is 14.1. The highest BCUT2D eigenvalue weighted by Gasteiger charge is 2.20. The van der Waals surface area contributed by atoms with Crippen LogP contribution in [0.25, 0.3) is 5.69 Å². The van der Waals surface area contributed by atoms with E-state index in [0.717, 1.165) is 30.0 Å². The van der Waals surface area contributed by atoms with Gasteiger partial charge in [-0.05, 0) is 36.2 Å². The highest BCUT2D eigenvalue weighted by atomic mass is 15.3. The Balaban J connectivity index is 1.65. The Morgan fingerprint density at radius 3 is 2.91 bits per heavy atom. The van der Waals surface area contributed by atoms with Gasteiger partial charge in [0.2, 0.25) is 5.96 Å². The highest BCUT2D eigenvalue weighted by Crippen LogP contribution is 2.28. The third-order valence-electron chi connectivity index (χ3n) is 4.04. The lowest BCUT2D eigenvalue weighted by Gasteiger charge is -2.18. The van der Waals surface area contributed by atoms with Crippen molar-refractivity contribution in [1.29, 1.82) is 0 Å². The number of rotatable bonds is 2. The molecule has 4 rings (SSSR count). The van der Waals surface area contributed by atoms with E-state index in [0.29, 0.717) is 5.96 Å². The number of aliphatic imine (C=N–C) groups is 1. The van der Waals surface area contributed by atoms with Crippen LogP contribution in [0.2, 0.25) is 0 Å². The smallest absolute Gasteiger partial charge is 0.201 e. The van der Waals surface area contributed by atoms with Gasteiger partial charge in [-0.2, -0.15) is 0 Å². The molecule has 0 fully saturated rings. The Bertz CT molecular complexity index is 851. The maximum absolute atomic E-state index is 6.25. The number of anilines is 1. The fraction of sp³-hybridized carbons (Fsp3) is 0.111. The largest absolute Gasteiger partial charge is 0.369 e. The molecule has 0 amide bonds. The van der Waals surface area contributed by atoms with Gasteiger partial charge in [0.05, 0.1) is 12.0 Å². The van der Waals surface area contributed by atoms with Gasteiger partial charge in [0.1, 0.15) is 0 Å². The predicted molar refractivity (Wildman–Crippen MR) is 92.3 cm³/mol. The minimum atomic E-state index is 0.526. The zero-order valence-corrected chi connectivity index (χ0v) is 12.6. The second-order valence-electron chi connectivity index (χ2n) is 5.49. The van der Waals surface area contributed by atoms with E-state index >= 15 is 0 Å². The molecule has 5 nitrogen and oxygen atoms in total. The zero-order chi connectivity index (χ0) is 15.6. The molecule has 0 bridgehead atoms. The maximum atomic E-state index is 6.25. The van der Waals surface area contributed by atoms with Crippen LogP contribution in [0.3, 0.4) is 0 Å². The molecule has 3 aromatic rings. The summed E-state index contributed by atoms with van der Waals surface area (Å²) in [4.78, 5) is 10.7. The van der Waals surface area contributed by atoms with Gasteiger partial charge < -0.3 is 15.2 Å². The average molecular weight is 303 g/mol. The van der Waals surface area contributed by atoms with Crippen LogP contribution in [0.1, 0.15) is 5.56 Å². The Kier molecular flexibility index (Phi) is 3.31. The molecule has 2 heterocycles. The summed E-state index contributed by atoms with van der Waals surface area (Å²) >= 11 is 0. The monoisotopic (exact) mass is 303 g/mol. The van der Waals surface area contributed by atoms with E-state index in [-0.39, 0.29) is 0 Å². The van der Waals surface area contributed by atoms with Gasteiger partial charge in [-0.1, -0.05) is 24.3 Å². The number of benzene rings is 2. The number of aromatic nitrogens is 2. The van der Waals surface area contributed by atoms with Gasteiger partial charge in [-0.3, -0.25) is 0 Å². The van der Waals surface area contributed by atoms with Crippen molar-refractivity contribution in [2.45, 2.75) is 6.42 Å². The van der Waals surface area contributed by atoms with Crippen molar-refractivity contribution >= 4 is 17.3 Å². The molecule has 1 aliphatic rings. The zero-order valence-electron chi connectivity index (χ0n) is 12.6. The predicted octanol–water partition coefficient (Wildman–Crippen LogP) is 2.88. The van der Waals surface area contributed by atoms with E-state index in [9.17, 15) is 0 Å². The molecule has 114 valence electrons. The molecule has 0 saturated heterocycles. The number of nitrogens with zero attached hydrogens (tertiary/aromatic N) is 4. The molecule has 0 unspecified atom stereocenters. The van der Waals surface area contributed by atoms with E-state index in [2.05, 4.69) is 33.1 Å². The van der Waals surface area contributed by atoms with Gasteiger partial charge in [0.15, 0.2) is 0 Å². The third kappa shape index (κ3) is 2.57. The summed E-state index contributed by atoms with van der Waals surface area (Å²) in [6, 6.07) is 16.3. The fourth-order valence-corrected chi connectivity index (χ4v) is 2.90. The summed E-state index contributed by atoms with van der Waals surface area (Å²) in [6.07, 6.45) is 6.43. The lowest BCUT2D eigenvalue weighted by atomic mass is 10.2. The van der Waals surface area contributed by atoms with Gasteiger partial charge >= 0.3 is 0 Å². The second kappa shape index (κ2) is 5.61. The fourth-order valence-electron chi connectivity index (χ4n) is 2.90. The van der Waals surface area contributed by atoms with Gasteiger partial charge in [-0.25, -0.2) is 9.98 Å². The Labute approximate surface area is 134 Å². The highest BCUT2D eigenvalue weighted by molar-refractivity contribution is 5.98. The van der Waals surface area contributed by atoms with E-state index in [1.807, 2.05) is 41.1 Å². The van der Waals surface area contributed by atoms with Crippen LogP contribution in [0.4, 0.5) is 11.4 Å². The van der Waals surface area contributed by atoms with Gasteiger partial charge in [0.25, 0.3) is 0 Å². The summed E-state index contributed by atoms with van der Waals surface area (Å²) in [5.74, 6) is 0.526. The molecule has 1 aromatic heterocycles. The number of guanidine groups is 1. The molecule has 0 aliphatic carbocycles. The lowest BCUT2D eigenvalue weighted by molar-refractivity contribution is 1.01. The topological polar surface area (TPSA) is 59.4 Å². The Morgan fingerprint density at radius 2 is 2.04 bits per heavy atom. The Morgan fingerprint density at radius 1 is 1.13 bits per heavy atom. The molecule has 0 radical (unpaired) electrons. The molecule has 0 atom stereocenters. The number of imidazole rings is 1. The van der Waals surface area contributed by atoms with E-state index < -0.39 is 0 Å². The van der Waals surface area contributed by atoms with Crippen molar-refractivity contribution in [3.8, 4) is 5.69 Å². The second-order valence-corrected chi connectivity index (χ2v) is 5.49. The summed E-state index contributed by atoms with van der Waals surface area (Å²) in [6.45, 7) is 0.871. The lowest BCUT2D eigenvalue weighted by Crippen LogP contribution is -2.35. The number of para-hydroxylation sites is 1. The minimum Gasteiger partial charge on any atom is -0.369 e. The van der Waals surface area contributed by atoms with Crippen LogP contribution in [-0.2, 0) is 6.42 Å². The summed E-state index contributed by atoms with van der Waals surface area (Å²) in [7, 11) is 0. The molecule has 0 saturated carbocycles. The van der Waals surface area contributed by atoms with Crippen molar-refractivity contribution in [3.63, 3.8) is 0 Å². The number of nitrogens with two attached hydrogens (primary N) is 1. The van der Waals surface area contributed by atoms with Gasteiger partial charge in [-0.15, -0.1) is 0 Å². The quantitative estimate of drug-likeness (QED) is 0.585. The van der Waals surface area contributed by atoms with Crippen molar-refractivity contribution in [3.05, 3.63) is 72.8 Å². The van der Waals surface area contributed by atoms with Crippen molar-refractivity contribution in [2.24, 2.45) is 10.7 Å². The van der Waals surface area contributed by atoms with Crippen LogP contribution in [-0.4, -0.2) is 22.1 Å². The van der Waals surface area contributed by atoms with Crippen LogP contribution < -0.4 is 10.6 Å². The number of fused-ring (bicyclic) bond motifs is 1. The van der Waals surface area contributed by atoms with Crippen LogP contribution in [0.5, 0.6) is 0 Å². The molecule has 1 aliphatic heterocycles. The first kappa shape index (κ1) is 13.6. The van der Waals surface area contributed by atoms with Crippen LogP contribution in [0, 0.1) is 0 Å². The first-order valence-electron chi connectivity index (χ1n) is 7.59. The van der Waals surface area contributed by atoms with E-state index in [1.165, 1.54) is 5.56 Å². The Hall–Kier alpha value is -3.08. The summed E-state index contributed by atoms with van der Waals surface area (Å²) < 4.78 is 1.94. The van der Waals surface area contributed by atoms with Crippen LogP contribution >= 0.6 is 0 Å². The molecule has 5 heteroatoms. The summed E-state index contributed by atoms with van der Waals surface area (Å²) in [5, 5.41) is 0. The maximum Gasteiger partial charge on any atom is 0.201 e. The van der Waals surface area contributed by atoms with Crippen molar-refractivity contribution in [2.75, 3.05) is 11.4 Å². The third-order valence-corrected chi connectivity index (χ3v) is 4.04. The standard InChI is InChI=1S/C18H17N5/c19-18(23-10-8-14-4-1-2-7-17(14)23)21-15-5-3-6-16(12-15)22-11-9-20-13-22/h1-7,9,11-13H,8,10H2,(H2,19,21). The minimum absolute atomic E-state index is 0.526. The van der Waals surface area contributed by atoms with E-state index in [1.54, 1.807) is 12.5 Å². The average Bonchev–Trinajstić information content (AvgIpc) is 3.25. The molecular weight excluding hydrogens is 286 g/mol. The summed E-state index contributed by atoms with van der Waals surface area (Å²) in [5.41, 5.74) is 10.6. The van der Waals surface area contributed by atoms with E-state index in [4.69, 9.17) is 5.73 Å². The molecular formula is C18H17N5. The molecule has 2 N–H and O–H groups in total. The first-order valence-corrected chi connectivity index (χ1v) is 7.59. The number of hydrogen-bond acceptors (Lipinski definition) is 2. The van der Waals surface area contributed by atoms with Crippen LogP contribution in [0.15, 0.2) is 72.2 Å². The van der Waals surface area contributed by atoms with Gasteiger partial charge in [0, 0.05) is 30.3 Å².